The van der Waals surface area contributed by atoms with E-state index >= 15 is 0 Å². The molecule has 0 aliphatic carbocycles. The minimum atomic E-state index is 0.675. The van der Waals surface area contributed by atoms with Gasteiger partial charge in [-0.1, -0.05) is 164 Å². The number of hydrogen-bond donors (Lipinski definition) is 0. The molecular weight excluding hydrogens is 773 g/mol. The molecule has 0 saturated carbocycles. The predicted octanol–water partition coefficient (Wildman–Crippen LogP) is 16.4. The van der Waals surface area contributed by atoms with Crippen molar-refractivity contribution in [2.75, 3.05) is 0 Å². The van der Waals surface area contributed by atoms with Crippen molar-refractivity contribution in [3.8, 4) is 78.4 Å². The molecule has 0 spiro atoms. The van der Waals surface area contributed by atoms with Crippen LogP contribution in [0.1, 0.15) is 0 Å². The largest absolute Gasteiger partial charge is 0.455 e. The molecule has 0 N–H and O–H groups in total. The molecule has 9 aromatic carbocycles. The van der Waals surface area contributed by atoms with Gasteiger partial charge in [0.2, 0.25) is 0 Å². The number of para-hydroxylation sites is 1. The van der Waals surface area contributed by atoms with Crippen LogP contribution in [0, 0.1) is 0 Å². The number of furan rings is 1. The minimum absolute atomic E-state index is 0.675. The molecule has 3 nitrogen and oxygen atoms in total. The first kappa shape index (κ1) is 36.0. The molecule has 3 aromatic heterocycles. The zero-order chi connectivity index (χ0) is 41.0. The molecule has 0 bridgehead atoms. The number of benzene rings is 9. The van der Waals surface area contributed by atoms with Crippen molar-refractivity contribution in [2.24, 2.45) is 0 Å². The maximum absolute atomic E-state index is 6.75. The van der Waals surface area contributed by atoms with E-state index in [0.29, 0.717) is 5.82 Å². The molecule has 0 amide bonds. The number of thiophene rings is 1. The lowest BCUT2D eigenvalue weighted by atomic mass is 9.93. The fraction of sp³-hybridized carbons (Fsp3) is 0. The van der Waals surface area contributed by atoms with Gasteiger partial charge in [-0.25, -0.2) is 9.97 Å². The second-order valence-electron chi connectivity index (χ2n) is 15.7. The third-order valence-corrected chi connectivity index (χ3v) is 13.1. The van der Waals surface area contributed by atoms with E-state index in [9.17, 15) is 0 Å². The average molecular weight is 809 g/mol. The summed E-state index contributed by atoms with van der Waals surface area (Å²) in [4.78, 5) is 10.5. The van der Waals surface area contributed by atoms with E-state index in [2.05, 4.69) is 206 Å². The molecule has 3 heterocycles. The summed E-state index contributed by atoms with van der Waals surface area (Å²) in [5, 5.41) is 4.82. The first-order chi connectivity index (χ1) is 30.7. The zero-order valence-electron chi connectivity index (χ0n) is 33.5. The molecule has 0 fully saturated rings. The number of rotatable bonds is 7. The molecule has 4 heteroatoms. The lowest BCUT2D eigenvalue weighted by Crippen LogP contribution is -1.97. The van der Waals surface area contributed by atoms with Gasteiger partial charge in [-0.2, -0.15) is 0 Å². The topological polar surface area (TPSA) is 38.9 Å². The summed E-state index contributed by atoms with van der Waals surface area (Å²) in [6, 6.07) is 77.3. The third-order valence-electron chi connectivity index (χ3n) is 11.9. The molecule has 0 saturated heterocycles. The van der Waals surface area contributed by atoms with Gasteiger partial charge in [0, 0.05) is 53.2 Å². The third kappa shape index (κ3) is 6.37. The van der Waals surface area contributed by atoms with Crippen LogP contribution in [-0.4, -0.2) is 9.97 Å². The average Bonchev–Trinajstić information content (AvgIpc) is 3.93. The normalized spacial score (nSPS) is 11.5. The minimum Gasteiger partial charge on any atom is -0.455 e. The van der Waals surface area contributed by atoms with Gasteiger partial charge < -0.3 is 4.42 Å². The quantitative estimate of drug-likeness (QED) is 0.161. The van der Waals surface area contributed by atoms with Crippen LogP contribution in [0.2, 0.25) is 0 Å². The van der Waals surface area contributed by atoms with Gasteiger partial charge in [-0.15, -0.1) is 11.3 Å². The van der Waals surface area contributed by atoms with Crippen LogP contribution in [-0.2, 0) is 0 Å². The van der Waals surface area contributed by atoms with E-state index in [1.54, 1.807) is 0 Å². The van der Waals surface area contributed by atoms with Crippen molar-refractivity contribution in [1.29, 1.82) is 0 Å². The Morgan fingerprint density at radius 3 is 1.53 bits per heavy atom. The van der Waals surface area contributed by atoms with E-state index in [4.69, 9.17) is 14.4 Å². The van der Waals surface area contributed by atoms with E-state index in [1.807, 2.05) is 23.5 Å². The number of nitrogens with zero attached hydrogens (tertiary/aromatic N) is 2. The van der Waals surface area contributed by atoms with Crippen molar-refractivity contribution in [3.05, 3.63) is 218 Å². The number of aromatic nitrogens is 2. The summed E-state index contributed by atoms with van der Waals surface area (Å²) in [5.74, 6) is 0.675. The highest BCUT2D eigenvalue weighted by Gasteiger charge is 2.19. The van der Waals surface area contributed by atoms with Crippen LogP contribution < -0.4 is 0 Å². The second kappa shape index (κ2) is 15.0. The Hall–Kier alpha value is -7.92. The Bertz CT molecular complexity index is 3550. The van der Waals surface area contributed by atoms with Crippen molar-refractivity contribution >= 4 is 53.4 Å². The summed E-state index contributed by atoms with van der Waals surface area (Å²) >= 11 is 1.84. The van der Waals surface area contributed by atoms with Crippen LogP contribution in [0.4, 0.5) is 0 Å². The lowest BCUT2D eigenvalue weighted by molar-refractivity contribution is 0.670. The Kier molecular flexibility index (Phi) is 8.68. The van der Waals surface area contributed by atoms with E-state index < -0.39 is 0 Å². The molecule has 290 valence electrons. The maximum atomic E-state index is 6.75. The van der Waals surface area contributed by atoms with Gasteiger partial charge >= 0.3 is 0 Å². The zero-order valence-corrected chi connectivity index (χ0v) is 34.3. The highest BCUT2D eigenvalue weighted by molar-refractivity contribution is 7.25. The van der Waals surface area contributed by atoms with Crippen LogP contribution >= 0.6 is 11.3 Å². The number of hydrogen-bond acceptors (Lipinski definition) is 4. The summed E-state index contributed by atoms with van der Waals surface area (Å²) in [6.07, 6.45) is 0. The monoisotopic (exact) mass is 808 g/mol. The van der Waals surface area contributed by atoms with Crippen molar-refractivity contribution in [1.82, 2.24) is 9.97 Å². The summed E-state index contributed by atoms with van der Waals surface area (Å²) < 4.78 is 9.35. The molecule has 0 atom stereocenters. The van der Waals surface area contributed by atoms with Gasteiger partial charge in [-0.05, 0) is 93.5 Å². The van der Waals surface area contributed by atoms with Crippen molar-refractivity contribution < 1.29 is 4.42 Å². The van der Waals surface area contributed by atoms with Gasteiger partial charge in [0.05, 0.1) is 11.4 Å². The first-order valence-corrected chi connectivity index (χ1v) is 21.7. The Labute approximate surface area is 362 Å². The summed E-state index contributed by atoms with van der Waals surface area (Å²) in [6.45, 7) is 0. The van der Waals surface area contributed by atoms with Crippen LogP contribution in [0.5, 0.6) is 0 Å². The molecule has 0 unspecified atom stereocenters. The second-order valence-corrected chi connectivity index (χ2v) is 16.8. The van der Waals surface area contributed by atoms with Crippen LogP contribution in [0.25, 0.3) is 121 Å². The summed E-state index contributed by atoms with van der Waals surface area (Å²) in [7, 11) is 0. The fourth-order valence-electron chi connectivity index (χ4n) is 8.84. The standard InChI is InChI=1S/C58H36N2OS/c1-4-14-37(15-5-1)43-32-44(38-16-6-2-7-17-38)34-45(33-43)58-59-51(40-18-8-3-9-19-40)36-52(60-58)41-26-24-39(25-27-41)47-30-29-46(56-49-21-10-12-22-53(49)61-57(47)56)42-28-31-55-50(35-42)48-20-11-13-23-54(48)62-55/h1-36H. The molecule has 62 heavy (non-hydrogen) atoms. The van der Waals surface area contributed by atoms with Crippen molar-refractivity contribution in [3.63, 3.8) is 0 Å². The number of fused-ring (bicyclic) bond motifs is 6. The van der Waals surface area contributed by atoms with Crippen molar-refractivity contribution in [2.45, 2.75) is 0 Å². The van der Waals surface area contributed by atoms with E-state index in [-0.39, 0.29) is 0 Å². The predicted molar refractivity (Wildman–Crippen MR) is 260 cm³/mol. The maximum Gasteiger partial charge on any atom is 0.160 e. The molecule has 12 rings (SSSR count). The van der Waals surface area contributed by atoms with E-state index in [0.717, 1.165) is 89.0 Å². The smallest absolute Gasteiger partial charge is 0.160 e. The van der Waals surface area contributed by atoms with Crippen LogP contribution in [0.3, 0.4) is 0 Å². The van der Waals surface area contributed by atoms with Gasteiger partial charge in [-0.3, -0.25) is 0 Å². The fourth-order valence-corrected chi connectivity index (χ4v) is 9.93. The highest BCUT2D eigenvalue weighted by atomic mass is 32.1. The van der Waals surface area contributed by atoms with Gasteiger partial charge in [0.1, 0.15) is 11.2 Å². The Balaban J connectivity index is 0.980. The van der Waals surface area contributed by atoms with E-state index in [1.165, 1.54) is 25.7 Å². The van der Waals surface area contributed by atoms with Crippen LogP contribution in [0.15, 0.2) is 223 Å². The first-order valence-electron chi connectivity index (χ1n) is 20.9. The Morgan fingerprint density at radius 2 is 0.839 bits per heavy atom. The SMILES string of the molecule is c1ccc(-c2cc(-c3ccccc3)cc(-c3nc(-c4ccccc4)cc(-c4ccc(-c5ccc(-c6ccc7sc8ccccc8c7c6)c6c5oc5ccccc56)cc4)n3)c2)cc1. The van der Waals surface area contributed by atoms with Gasteiger partial charge in [0.15, 0.2) is 5.82 Å². The summed E-state index contributed by atoms with van der Waals surface area (Å²) in [5.41, 5.74) is 15.5. The Morgan fingerprint density at radius 1 is 0.323 bits per heavy atom. The lowest BCUT2D eigenvalue weighted by Gasteiger charge is -2.13. The van der Waals surface area contributed by atoms with Gasteiger partial charge in [0.25, 0.3) is 0 Å². The molecule has 0 aliphatic heterocycles. The highest BCUT2D eigenvalue weighted by Crippen LogP contribution is 2.44. The molecule has 12 aromatic rings. The molecule has 0 aliphatic rings. The molecule has 0 radical (unpaired) electrons. The molecular formula is C58H36N2OS.